The zero-order valence-corrected chi connectivity index (χ0v) is 14.0. The number of pyridine rings is 1. The van der Waals surface area contributed by atoms with Crippen LogP contribution in [0.1, 0.15) is 83.3 Å². The van der Waals surface area contributed by atoms with Gasteiger partial charge in [0.05, 0.1) is 0 Å². The average molecular weight is 276 g/mol. The minimum absolute atomic E-state index is 1.19. The van der Waals surface area contributed by atoms with E-state index in [1.54, 1.807) is 0 Å². The minimum Gasteiger partial charge on any atom is -0.205 e. The van der Waals surface area contributed by atoms with Crippen molar-refractivity contribution in [3.63, 3.8) is 0 Å². The second kappa shape index (κ2) is 10.9. The number of aromatic nitrogens is 1. The van der Waals surface area contributed by atoms with Crippen LogP contribution in [-0.2, 0) is 19.4 Å². The Morgan fingerprint density at radius 3 is 1.75 bits per heavy atom. The van der Waals surface area contributed by atoms with Gasteiger partial charge >= 0.3 is 0 Å². The Morgan fingerprint density at radius 1 is 0.700 bits per heavy atom. The normalized spacial score (nSPS) is 10.9. The van der Waals surface area contributed by atoms with Crippen molar-refractivity contribution < 1.29 is 4.57 Å². The van der Waals surface area contributed by atoms with Crippen molar-refractivity contribution in [2.75, 3.05) is 0 Å². The van der Waals surface area contributed by atoms with Crippen LogP contribution < -0.4 is 4.57 Å². The highest BCUT2D eigenvalue weighted by molar-refractivity contribution is 5.15. The SMILES string of the molecule is CCCCCC[n+]1cc(CCCC)cc(CCCC)c1. The first-order valence-electron chi connectivity index (χ1n) is 8.82. The molecule has 1 rings (SSSR count). The summed E-state index contributed by atoms with van der Waals surface area (Å²) in [6, 6.07) is 2.44. The molecule has 0 amide bonds. The molecule has 0 unspecified atom stereocenters. The quantitative estimate of drug-likeness (QED) is 0.384. The van der Waals surface area contributed by atoms with E-state index in [1.165, 1.54) is 81.9 Å². The van der Waals surface area contributed by atoms with Gasteiger partial charge in [0.2, 0.25) is 0 Å². The minimum atomic E-state index is 1.19. The van der Waals surface area contributed by atoms with Crippen molar-refractivity contribution in [3.05, 3.63) is 29.6 Å². The Kier molecular flexibility index (Phi) is 9.36. The molecular formula is C19H34N+. The molecule has 0 saturated carbocycles. The number of hydrogen-bond acceptors (Lipinski definition) is 0. The predicted molar refractivity (Wildman–Crippen MR) is 88.0 cm³/mol. The number of nitrogens with zero attached hydrogens (tertiary/aromatic N) is 1. The van der Waals surface area contributed by atoms with Crippen molar-refractivity contribution in [2.45, 2.75) is 91.5 Å². The predicted octanol–water partition coefficient (Wildman–Crippen LogP) is 5.24. The van der Waals surface area contributed by atoms with E-state index < -0.39 is 0 Å². The monoisotopic (exact) mass is 276 g/mol. The van der Waals surface area contributed by atoms with Gasteiger partial charge in [0.1, 0.15) is 6.54 Å². The van der Waals surface area contributed by atoms with Gasteiger partial charge in [-0.2, -0.15) is 0 Å². The summed E-state index contributed by atoms with van der Waals surface area (Å²) in [4.78, 5) is 0. The summed E-state index contributed by atoms with van der Waals surface area (Å²) in [6.07, 6.45) is 17.8. The van der Waals surface area contributed by atoms with Crippen LogP contribution in [0.15, 0.2) is 18.5 Å². The highest BCUT2D eigenvalue weighted by Crippen LogP contribution is 2.09. The van der Waals surface area contributed by atoms with Crippen LogP contribution in [0, 0.1) is 0 Å². The summed E-state index contributed by atoms with van der Waals surface area (Å²) in [5, 5.41) is 0. The topological polar surface area (TPSA) is 3.88 Å². The van der Waals surface area contributed by atoms with E-state index in [0.717, 1.165) is 0 Å². The fourth-order valence-corrected chi connectivity index (χ4v) is 2.66. The van der Waals surface area contributed by atoms with Crippen LogP contribution in [0.4, 0.5) is 0 Å². The van der Waals surface area contributed by atoms with Crippen LogP contribution in [0.25, 0.3) is 0 Å². The summed E-state index contributed by atoms with van der Waals surface area (Å²) < 4.78 is 2.45. The molecule has 0 aromatic carbocycles. The molecule has 1 nitrogen and oxygen atoms in total. The number of hydrogen-bond donors (Lipinski definition) is 0. The van der Waals surface area contributed by atoms with E-state index in [9.17, 15) is 0 Å². The van der Waals surface area contributed by atoms with Crippen molar-refractivity contribution in [3.8, 4) is 0 Å². The fourth-order valence-electron chi connectivity index (χ4n) is 2.66. The molecule has 0 spiro atoms. The lowest BCUT2D eigenvalue weighted by Gasteiger charge is -2.05. The molecule has 0 aliphatic carbocycles. The molecule has 20 heavy (non-hydrogen) atoms. The van der Waals surface area contributed by atoms with E-state index in [4.69, 9.17) is 0 Å². The van der Waals surface area contributed by atoms with Crippen LogP contribution in [0.2, 0.25) is 0 Å². The fraction of sp³-hybridized carbons (Fsp3) is 0.737. The molecule has 1 heterocycles. The van der Waals surface area contributed by atoms with Gasteiger partial charge in [0.15, 0.2) is 12.4 Å². The van der Waals surface area contributed by atoms with Gasteiger partial charge < -0.3 is 0 Å². The molecule has 1 aromatic heterocycles. The molecule has 0 bridgehead atoms. The van der Waals surface area contributed by atoms with Gasteiger partial charge in [0, 0.05) is 17.5 Å². The smallest absolute Gasteiger partial charge is 0.171 e. The summed E-state index contributed by atoms with van der Waals surface area (Å²) >= 11 is 0. The molecule has 1 heteroatoms. The van der Waals surface area contributed by atoms with Crippen LogP contribution in [-0.4, -0.2) is 0 Å². The molecule has 114 valence electrons. The third-order valence-electron chi connectivity index (χ3n) is 3.94. The van der Waals surface area contributed by atoms with Gasteiger partial charge in [-0.3, -0.25) is 0 Å². The summed E-state index contributed by atoms with van der Waals surface area (Å²) in [6.45, 7) is 8.03. The molecule has 0 aliphatic heterocycles. The second-order valence-corrected chi connectivity index (χ2v) is 6.06. The highest BCUT2D eigenvalue weighted by atomic mass is 14.9. The lowest BCUT2D eigenvalue weighted by molar-refractivity contribution is -0.698. The standard InChI is InChI=1S/C19H34N/c1-4-7-10-11-14-20-16-18(12-8-5-2)15-19(17-20)13-9-6-3/h15-17H,4-14H2,1-3H3/q+1. The van der Waals surface area contributed by atoms with Crippen molar-refractivity contribution in [1.29, 1.82) is 0 Å². The highest BCUT2D eigenvalue weighted by Gasteiger charge is 2.07. The zero-order chi connectivity index (χ0) is 14.6. The Balaban J connectivity index is 2.64. The van der Waals surface area contributed by atoms with Gasteiger partial charge in [-0.25, -0.2) is 4.57 Å². The van der Waals surface area contributed by atoms with Crippen LogP contribution >= 0.6 is 0 Å². The molecule has 0 atom stereocenters. The first kappa shape index (κ1) is 17.2. The average Bonchev–Trinajstić information content (AvgIpc) is 2.47. The van der Waals surface area contributed by atoms with E-state index in [-0.39, 0.29) is 0 Å². The Hall–Kier alpha value is -0.850. The lowest BCUT2D eigenvalue weighted by atomic mass is 10.0. The Morgan fingerprint density at radius 2 is 1.25 bits per heavy atom. The summed E-state index contributed by atoms with van der Waals surface area (Å²) in [7, 11) is 0. The third kappa shape index (κ3) is 7.07. The molecule has 0 fully saturated rings. The first-order chi connectivity index (χ1) is 9.80. The summed E-state index contributed by atoms with van der Waals surface area (Å²) in [5.41, 5.74) is 3.08. The second-order valence-electron chi connectivity index (χ2n) is 6.06. The zero-order valence-electron chi connectivity index (χ0n) is 14.0. The maximum absolute atomic E-state index is 2.45. The first-order valence-corrected chi connectivity index (χ1v) is 8.82. The van der Waals surface area contributed by atoms with Crippen LogP contribution in [0.3, 0.4) is 0 Å². The van der Waals surface area contributed by atoms with E-state index in [1.807, 2.05) is 0 Å². The van der Waals surface area contributed by atoms with Crippen molar-refractivity contribution in [2.24, 2.45) is 0 Å². The molecule has 0 radical (unpaired) electrons. The van der Waals surface area contributed by atoms with Crippen molar-refractivity contribution >= 4 is 0 Å². The van der Waals surface area contributed by atoms with Gasteiger partial charge in [-0.1, -0.05) is 46.5 Å². The third-order valence-corrected chi connectivity index (χ3v) is 3.94. The number of rotatable bonds is 11. The summed E-state index contributed by atoms with van der Waals surface area (Å²) in [5.74, 6) is 0. The Labute approximate surface area is 126 Å². The van der Waals surface area contributed by atoms with Crippen molar-refractivity contribution in [1.82, 2.24) is 0 Å². The van der Waals surface area contributed by atoms with E-state index >= 15 is 0 Å². The lowest BCUT2D eigenvalue weighted by Crippen LogP contribution is -2.34. The number of aryl methyl sites for hydroxylation is 3. The number of unbranched alkanes of at least 4 members (excludes halogenated alkanes) is 5. The maximum atomic E-state index is 2.45. The van der Waals surface area contributed by atoms with Crippen LogP contribution in [0.5, 0.6) is 0 Å². The maximum Gasteiger partial charge on any atom is 0.171 e. The molecule has 0 saturated heterocycles. The van der Waals surface area contributed by atoms with Gasteiger partial charge in [0.25, 0.3) is 0 Å². The molecular weight excluding hydrogens is 242 g/mol. The van der Waals surface area contributed by atoms with Gasteiger partial charge in [-0.05, 0) is 38.2 Å². The van der Waals surface area contributed by atoms with E-state index in [2.05, 4.69) is 43.8 Å². The van der Waals surface area contributed by atoms with E-state index in [0.29, 0.717) is 0 Å². The largest absolute Gasteiger partial charge is 0.205 e. The molecule has 0 aliphatic rings. The Bertz CT molecular complexity index is 331. The molecule has 1 aromatic rings. The van der Waals surface area contributed by atoms with Gasteiger partial charge in [-0.15, -0.1) is 0 Å². The molecule has 0 N–H and O–H groups in total.